The minimum atomic E-state index is -0.375. The molecule has 1 amide bonds. The molecule has 5 nitrogen and oxygen atoms in total. The van der Waals surface area contributed by atoms with Crippen LogP contribution in [-0.2, 0) is 0 Å². The molecule has 0 saturated carbocycles. The van der Waals surface area contributed by atoms with Crippen molar-refractivity contribution in [2.24, 2.45) is 5.10 Å². The van der Waals surface area contributed by atoms with Crippen molar-refractivity contribution in [1.82, 2.24) is 5.43 Å². The Morgan fingerprint density at radius 1 is 1.23 bits per heavy atom. The molecule has 26 heavy (non-hydrogen) atoms. The zero-order valence-corrected chi connectivity index (χ0v) is 17.0. The van der Waals surface area contributed by atoms with E-state index >= 15 is 0 Å². The van der Waals surface area contributed by atoms with Crippen molar-refractivity contribution >= 4 is 61.1 Å². The molecule has 3 aromatic rings. The van der Waals surface area contributed by atoms with Gasteiger partial charge in [-0.1, -0.05) is 27.5 Å². The smallest absolute Gasteiger partial charge is 0.283 e. The van der Waals surface area contributed by atoms with Crippen LogP contribution in [0.3, 0.4) is 0 Å². The van der Waals surface area contributed by atoms with Crippen LogP contribution in [0.15, 0.2) is 46.0 Å². The van der Waals surface area contributed by atoms with Crippen molar-refractivity contribution in [1.29, 1.82) is 0 Å². The van der Waals surface area contributed by atoms with E-state index in [1.165, 1.54) is 17.6 Å². The molecule has 0 unspecified atom stereocenters. The number of hydrogen-bond acceptors (Lipinski definition) is 5. The number of hydrogen-bond donors (Lipinski definition) is 1. The number of nitrogens with one attached hydrogen (secondary N) is 1. The molecule has 0 saturated heterocycles. The van der Waals surface area contributed by atoms with Crippen molar-refractivity contribution in [3.05, 3.63) is 56.3 Å². The molecular weight excluding hydrogens is 440 g/mol. The number of carbonyl (C=O) groups excluding carboxylic acids is 1. The second-order valence-electron chi connectivity index (χ2n) is 5.19. The number of benzene rings is 2. The van der Waals surface area contributed by atoms with Crippen LogP contribution in [0.1, 0.15) is 15.2 Å². The highest BCUT2D eigenvalue weighted by Gasteiger charge is 2.17. The van der Waals surface area contributed by atoms with Crippen LogP contribution in [0.5, 0.6) is 11.5 Å². The lowest BCUT2D eigenvalue weighted by molar-refractivity contribution is 0.0959. The predicted octanol–water partition coefficient (Wildman–Crippen LogP) is 5.10. The molecule has 1 N–H and O–H groups in total. The molecule has 0 radical (unpaired) electrons. The Balaban J connectivity index is 1.81. The van der Waals surface area contributed by atoms with E-state index in [4.69, 9.17) is 21.1 Å². The lowest BCUT2D eigenvalue weighted by Crippen LogP contribution is -2.16. The monoisotopic (exact) mass is 452 g/mol. The van der Waals surface area contributed by atoms with Crippen molar-refractivity contribution in [3.8, 4) is 11.5 Å². The van der Waals surface area contributed by atoms with E-state index in [0.29, 0.717) is 21.4 Å². The number of methoxy groups -OCH3 is 2. The van der Waals surface area contributed by atoms with Gasteiger partial charge in [0.05, 0.1) is 25.5 Å². The Morgan fingerprint density at radius 3 is 2.77 bits per heavy atom. The van der Waals surface area contributed by atoms with E-state index in [9.17, 15) is 4.79 Å². The van der Waals surface area contributed by atoms with Gasteiger partial charge in [-0.15, -0.1) is 11.3 Å². The maximum absolute atomic E-state index is 12.4. The van der Waals surface area contributed by atoms with Crippen LogP contribution in [0.2, 0.25) is 5.02 Å². The van der Waals surface area contributed by atoms with E-state index in [1.54, 1.807) is 20.3 Å². The fourth-order valence-electron chi connectivity index (χ4n) is 2.34. The Morgan fingerprint density at radius 2 is 2.04 bits per heavy atom. The first kappa shape index (κ1) is 18.7. The summed E-state index contributed by atoms with van der Waals surface area (Å²) in [5.74, 6) is 0.987. The largest absolute Gasteiger partial charge is 0.497 e. The lowest BCUT2D eigenvalue weighted by Gasteiger charge is -2.04. The molecule has 0 aliphatic heterocycles. The van der Waals surface area contributed by atoms with Gasteiger partial charge in [-0.05, 0) is 36.4 Å². The SMILES string of the molecule is COc1ccc2c(Cl)c(C(=O)N/N=C/c3cc(Br)ccc3OC)sc2c1. The van der Waals surface area contributed by atoms with Gasteiger partial charge < -0.3 is 9.47 Å². The molecule has 8 heteroatoms. The fraction of sp³-hybridized carbons (Fsp3) is 0.111. The van der Waals surface area contributed by atoms with Gasteiger partial charge in [0.1, 0.15) is 16.4 Å². The molecule has 1 heterocycles. The van der Waals surface area contributed by atoms with E-state index < -0.39 is 0 Å². The van der Waals surface area contributed by atoms with E-state index in [-0.39, 0.29) is 5.91 Å². The molecule has 0 aliphatic carbocycles. The molecule has 0 fully saturated rings. The molecule has 0 bridgehead atoms. The zero-order valence-electron chi connectivity index (χ0n) is 13.9. The van der Waals surface area contributed by atoms with Gasteiger partial charge in [-0.2, -0.15) is 5.10 Å². The summed E-state index contributed by atoms with van der Waals surface area (Å²) in [5.41, 5.74) is 3.23. The molecule has 1 aromatic heterocycles. The summed E-state index contributed by atoms with van der Waals surface area (Å²) in [6, 6.07) is 11.0. The van der Waals surface area contributed by atoms with Gasteiger partial charge in [-0.3, -0.25) is 4.79 Å². The average Bonchev–Trinajstić information content (AvgIpc) is 2.98. The van der Waals surface area contributed by atoms with E-state index in [2.05, 4.69) is 26.5 Å². The number of halogens is 2. The van der Waals surface area contributed by atoms with Crippen molar-refractivity contribution < 1.29 is 14.3 Å². The number of fused-ring (bicyclic) bond motifs is 1. The molecule has 134 valence electrons. The van der Waals surface area contributed by atoms with Crippen molar-refractivity contribution in [3.63, 3.8) is 0 Å². The molecule has 2 aromatic carbocycles. The first-order chi connectivity index (χ1) is 12.5. The first-order valence-electron chi connectivity index (χ1n) is 7.46. The van der Waals surface area contributed by atoms with Gasteiger partial charge in [0.25, 0.3) is 5.91 Å². The zero-order chi connectivity index (χ0) is 18.7. The van der Waals surface area contributed by atoms with Crippen LogP contribution in [0.4, 0.5) is 0 Å². The maximum Gasteiger partial charge on any atom is 0.283 e. The van der Waals surface area contributed by atoms with E-state index in [1.807, 2.05) is 30.3 Å². The normalized spacial score (nSPS) is 11.1. The van der Waals surface area contributed by atoms with Gasteiger partial charge >= 0.3 is 0 Å². The highest BCUT2D eigenvalue weighted by molar-refractivity contribution is 9.10. The highest BCUT2D eigenvalue weighted by Crippen LogP contribution is 2.37. The Kier molecular flexibility index (Phi) is 5.80. The number of nitrogens with zero attached hydrogens (tertiary/aromatic N) is 1. The van der Waals surface area contributed by atoms with Crippen molar-refractivity contribution in [2.75, 3.05) is 14.2 Å². The lowest BCUT2D eigenvalue weighted by atomic mass is 10.2. The summed E-state index contributed by atoms with van der Waals surface area (Å²) < 4.78 is 12.2. The van der Waals surface area contributed by atoms with Gasteiger partial charge in [0.15, 0.2) is 0 Å². The predicted molar refractivity (Wildman–Crippen MR) is 109 cm³/mol. The quantitative estimate of drug-likeness (QED) is 0.432. The molecule has 0 aliphatic rings. The molecule has 3 rings (SSSR count). The summed E-state index contributed by atoms with van der Waals surface area (Å²) in [6.45, 7) is 0. The topological polar surface area (TPSA) is 59.9 Å². The van der Waals surface area contributed by atoms with Gasteiger partial charge in [0.2, 0.25) is 0 Å². The van der Waals surface area contributed by atoms with Crippen LogP contribution in [0.25, 0.3) is 10.1 Å². The summed E-state index contributed by atoms with van der Waals surface area (Å²) >= 11 is 11.0. The fourth-order valence-corrected chi connectivity index (χ4v) is 4.15. The maximum atomic E-state index is 12.4. The average molecular weight is 454 g/mol. The van der Waals surface area contributed by atoms with E-state index in [0.717, 1.165) is 20.1 Å². The van der Waals surface area contributed by atoms with Crippen LogP contribution < -0.4 is 14.9 Å². The minimum Gasteiger partial charge on any atom is -0.497 e. The Bertz CT molecular complexity index is 1000. The summed E-state index contributed by atoms with van der Waals surface area (Å²) in [5, 5.41) is 5.22. The third-order valence-corrected chi connectivity index (χ3v) is 5.75. The third kappa shape index (κ3) is 3.85. The summed E-state index contributed by atoms with van der Waals surface area (Å²) in [6.07, 6.45) is 1.52. The number of thiophene rings is 1. The standard InChI is InChI=1S/C18H14BrClN2O3S/c1-24-12-4-5-13-15(8-12)26-17(16(13)20)18(23)22-21-9-10-7-11(19)3-6-14(10)25-2/h3-9H,1-2H3,(H,22,23)/b21-9+. The summed E-state index contributed by atoms with van der Waals surface area (Å²) in [7, 11) is 3.17. The number of carbonyl (C=O) groups is 1. The highest BCUT2D eigenvalue weighted by atomic mass is 79.9. The third-order valence-electron chi connectivity index (χ3n) is 3.60. The number of rotatable bonds is 5. The number of ether oxygens (including phenoxy) is 2. The number of hydrazone groups is 1. The molecule has 0 atom stereocenters. The van der Waals surface area contributed by atoms with Gasteiger partial charge in [0, 0.05) is 20.1 Å². The van der Waals surface area contributed by atoms with Crippen LogP contribution in [-0.4, -0.2) is 26.3 Å². The Labute approximate surface area is 167 Å². The molecule has 0 spiro atoms. The number of amides is 1. The van der Waals surface area contributed by atoms with Gasteiger partial charge in [-0.25, -0.2) is 5.43 Å². The van der Waals surface area contributed by atoms with Crippen molar-refractivity contribution in [2.45, 2.75) is 0 Å². The van der Waals surface area contributed by atoms with Crippen LogP contribution >= 0.6 is 38.9 Å². The first-order valence-corrected chi connectivity index (χ1v) is 9.45. The summed E-state index contributed by atoms with van der Waals surface area (Å²) in [4.78, 5) is 12.8. The minimum absolute atomic E-state index is 0.375. The second-order valence-corrected chi connectivity index (χ2v) is 7.54. The Hall–Kier alpha value is -2.09. The molecular formula is C18H14BrClN2O3S. The second kappa shape index (κ2) is 8.07. The van der Waals surface area contributed by atoms with Crippen LogP contribution in [0, 0.1) is 0 Å².